The van der Waals surface area contributed by atoms with E-state index in [0.29, 0.717) is 11.3 Å². The molecule has 33 heavy (non-hydrogen) atoms. The van der Waals surface area contributed by atoms with Gasteiger partial charge in [0.05, 0.1) is 31.1 Å². The molecule has 6 heteroatoms. The first-order chi connectivity index (χ1) is 16.2. The summed E-state index contributed by atoms with van der Waals surface area (Å²) in [5, 5.41) is 8.35. The molecule has 1 N–H and O–H groups in total. The van der Waals surface area contributed by atoms with E-state index in [9.17, 15) is 0 Å². The van der Waals surface area contributed by atoms with Crippen LogP contribution >= 0.6 is 0 Å². The summed E-state index contributed by atoms with van der Waals surface area (Å²) in [5.41, 5.74) is 6.16. The highest BCUT2D eigenvalue weighted by molar-refractivity contribution is 5.32. The molecular formula is C27H41N5O. The van der Waals surface area contributed by atoms with Gasteiger partial charge in [0.2, 0.25) is 0 Å². The van der Waals surface area contributed by atoms with Crippen molar-refractivity contribution in [3.05, 3.63) is 52.8 Å². The lowest BCUT2D eigenvalue weighted by Gasteiger charge is -2.38. The second kappa shape index (κ2) is 10.3. The van der Waals surface area contributed by atoms with E-state index >= 15 is 0 Å². The maximum atomic E-state index is 5.88. The zero-order chi connectivity index (χ0) is 22.7. The minimum absolute atomic E-state index is 0.527. The van der Waals surface area contributed by atoms with Gasteiger partial charge in [-0.2, -0.15) is 5.10 Å². The Morgan fingerprint density at radius 3 is 2.76 bits per heavy atom. The number of aromatic nitrogens is 2. The number of hydrogen-bond acceptors (Lipinski definition) is 5. The van der Waals surface area contributed by atoms with Crippen LogP contribution in [0, 0.1) is 5.41 Å². The molecule has 1 saturated heterocycles. The molecule has 1 aliphatic carbocycles. The Bertz CT molecular complexity index is 903. The molecule has 0 atom stereocenters. The normalized spacial score (nSPS) is 25.7. The Morgan fingerprint density at radius 1 is 1.15 bits per heavy atom. The predicted octanol–water partition coefficient (Wildman–Crippen LogP) is 3.61. The molecule has 5 rings (SSSR count). The van der Waals surface area contributed by atoms with E-state index in [2.05, 4.69) is 57.2 Å². The van der Waals surface area contributed by atoms with Crippen molar-refractivity contribution in [2.45, 2.75) is 64.3 Å². The Balaban J connectivity index is 1.25. The molecule has 2 fully saturated rings. The fraction of sp³-hybridized carbons (Fsp3) is 0.667. The van der Waals surface area contributed by atoms with Crippen LogP contribution < -0.4 is 5.32 Å². The zero-order valence-corrected chi connectivity index (χ0v) is 20.6. The lowest BCUT2D eigenvalue weighted by atomic mass is 9.68. The minimum Gasteiger partial charge on any atom is -0.373 e. The highest BCUT2D eigenvalue weighted by Gasteiger charge is 2.42. The van der Waals surface area contributed by atoms with Gasteiger partial charge in [0, 0.05) is 38.3 Å². The SMILES string of the molecule is CNCCN(C)Cc1nn2c(c1[C@H]1CC[C@@]3(CCN(Cc4ccccc4)C3)CC1)COCC2. The zero-order valence-electron chi connectivity index (χ0n) is 20.6. The van der Waals surface area contributed by atoms with Crippen molar-refractivity contribution < 1.29 is 4.74 Å². The summed E-state index contributed by atoms with van der Waals surface area (Å²) in [6.45, 7) is 9.01. The van der Waals surface area contributed by atoms with Gasteiger partial charge < -0.3 is 10.1 Å². The van der Waals surface area contributed by atoms with Gasteiger partial charge in [0.1, 0.15) is 0 Å². The predicted molar refractivity (Wildman–Crippen MR) is 132 cm³/mol. The first-order valence-electron chi connectivity index (χ1n) is 12.9. The Hall–Kier alpha value is -1.73. The molecular weight excluding hydrogens is 410 g/mol. The number of rotatable bonds is 8. The van der Waals surface area contributed by atoms with Crippen LogP contribution in [0.5, 0.6) is 0 Å². The van der Waals surface area contributed by atoms with Crippen molar-refractivity contribution in [1.82, 2.24) is 24.9 Å². The summed E-state index contributed by atoms with van der Waals surface area (Å²) >= 11 is 0. The minimum atomic E-state index is 0.527. The molecule has 1 saturated carbocycles. The number of nitrogens with one attached hydrogen (secondary N) is 1. The summed E-state index contributed by atoms with van der Waals surface area (Å²) in [5.74, 6) is 0.636. The fourth-order valence-corrected chi connectivity index (χ4v) is 6.38. The smallest absolute Gasteiger partial charge is 0.0888 e. The van der Waals surface area contributed by atoms with E-state index < -0.39 is 0 Å². The number of fused-ring (bicyclic) bond motifs is 1. The number of benzene rings is 1. The number of likely N-dealkylation sites (tertiary alicyclic amines) is 1. The highest BCUT2D eigenvalue weighted by atomic mass is 16.5. The standard InChI is InChI=1S/C27H41N5O/c1-28-13-15-30(2)19-24-26(25-20-33-17-16-32(25)29-24)23-8-10-27(11-9-23)12-14-31(21-27)18-22-6-4-3-5-7-22/h3-7,23,28H,8-21H2,1-2H3/t23-,27-. The van der Waals surface area contributed by atoms with Crippen LogP contribution in [0.1, 0.15) is 60.5 Å². The summed E-state index contributed by atoms with van der Waals surface area (Å²) < 4.78 is 8.14. The first kappa shape index (κ1) is 23.0. The molecule has 0 radical (unpaired) electrons. The molecule has 3 heterocycles. The van der Waals surface area contributed by atoms with Crippen LogP contribution in [-0.4, -0.2) is 66.5 Å². The van der Waals surface area contributed by atoms with Crippen molar-refractivity contribution in [1.29, 1.82) is 0 Å². The summed E-state index contributed by atoms with van der Waals surface area (Å²) in [7, 11) is 4.24. The van der Waals surface area contributed by atoms with Gasteiger partial charge in [0.25, 0.3) is 0 Å². The van der Waals surface area contributed by atoms with Crippen molar-refractivity contribution in [3.8, 4) is 0 Å². The molecule has 3 aliphatic rings. The van der Waals surface area contributed by atoms with Gasteiger partial charge in [-0.3, -0.25) is 14.5 Å². The van der Waals surface area contributed by atoms with Crippen LogP contribution in [0.3, 0.4) is 0 Å². The van der Waals surface area contributed by atoms with E-state index in [-0.39, 0.29) is 0 Å². The number of nitrogens with zero attached hydrogens (tertiary/aromatic N) is 4. The van der Waals surface area contributed by atoms with Crippen molar-refractivity contribution in [3.63, 3.8) is 0 Å². The summed E-state index contributed by atoms with van der Waals surface area (Å²) in [6, 6.07) is 11.0. The van der Waals surface area contributed by atoms with Gasteiger partial charge in [-0.25, -0.2) is 0 Å². The quantitative estimate of drug-likeness (QED) is 0.664. The third-order valence-electron chi connectivity index (χ3n) is 8.25. The average molecular weight is 452 g/mol. The Kier molecular flexibility index (Phi) is 7.16. The maximum Gasteiger partial charge on any atom is 0.0888 e. The lowest BCUT2D eigenvalue weighted by Crippen LogP contribution is -2.31. The van der Waals surface area contributed by atoms with Crippen molar-refractivity contribution in [2.24, 2.45) is 5.41 Å². The number of ether oxygens (including phenoxy) is 1. The van der Waals surface area contributed by atoms with E-state index in [1.807, 2.05) is 7.05 Å². The van der Waals surface area contributed by atoms with Gasteiger partial charge in [-0.15, -0.1) is 0 Å². The molecule has 1 spiro atoms. The third-order valence-corrected chi connectivity index (χ3v) is 8.25. The van der Waals surface area contributed by atoms with Gasteiger partial charge in [-0.1, -0.05) is 30.3 Å². The molecule has 0 bridgehead atoms. The van der Waals surface area contributed by atoms with E-state index in [1.54, 1.807) is 0 Å². The molecule has 0 unspecified atom stereocenters. The van der Waals surface area contributed by atoms with E-state index in [0.717, 1.165) is 45.9 Å². The van der Waals surface area contributed by atoms with Gasteiger partial charge in [0.15, 0.2) is 0 Å². The molecule has 1 aromatic carbocycles. The summed E-state index contributed by atoms with van der Waals surface area (Å²) in [6.07, 6.45) is 6.66. The average Bonchev–Trinajstić information content (AvgIpc) is 3.40. The van der Waals surface area contributed by atoms with Gasteiger partial charge >= 0.3 is 0 Å². The molecule has 1 aromatic heterocycles. The second-order valence-corrected chi connectivity index (χ2v) is 10.6. The Morgan fingerprint density at radius 2 is 1.97 bits per heavy atom. The second-order valence-electron chi connectivity index (χ2n) is 10.6. The lowest BCUT2D eigenvalue weighted by molar-refractivity contribution is 0.0784. The van der Waals surface area contributed by atoms with Crippen molar-refractivity contribution >= 4 is 0 Å². The first-order valence-corrected chi connectivity index (χ1v) is 12.9. The van der Waals surface area contributed by atoms with E-state index in [1.165, 1.54) is 67.7 Å². The van der Waals surface area contributed by atoms with E-state index in [4.69, 9.17) is 9.84 Å². The fourth-order valence-electron chi connectivity index (χ4n) is 6.38. The number of hydrogen-bond donors (Lipinski definition) is 1. The maximum absolute atomic E-state index is 5.88. The Labute approximate surface area is 199 Å². The van der Waals surface area contributed by atoms with Crippen LogP contribution in [0.4, 0.5) is 0 Å². The molecule has 2 aliphatic heterocycles. The van der Waals surface area contributed by atoms with Crippen LogP contribution in [-0.2, 0) is 31.0 Å². The van der Waals surface area contributed by atoms with Crippen molar-refractivity contribution in [2.75, 3.05) is 46.9 Å². The van der Waals surface area contributed by atoms with Gasteiger partial charge in [-0.05, 0) is 69.6 Å². The largest absolute Gasteiger partial charge is 0.373 e. The molecule has 0 amide bonds. The summed E-state index contributed by atoms with van der Waals surface area (Å²) in [4.78, 5) is 5.09. The molecule has 6 nitrogen and oxygen atoms in total. The highest BCUT2D eigenvalue weighted by Crippen LogP contribution is 2.49. The monoisotopic (exact) mass is 451 g/mol. The topological polar surface area (TPSA) is 45.6 Å². The third kappa shape index (κ3) is 5.19. The number of likely N-dealkylation sites (N-methyl/N-ethyl adjacent to an activating group) is 2. The molecule has 180 valence electrons. The molecule has 2 aromatic rings. The van der Waals surface area contributed by atoms with Crippen LogP contribution in [0.15, 0.2) is 30.3 Å². The van der Waals surface area contributed by atoms with Crippen LogP contribution in [0.2, 0.25) is 0 Å². The van der Waals surface area contributed by atoms with Crippen LogP contribution in [0.25, 0.3) is 0 Å².